The van der Waals surface area contributed by atoms with Crippen molar-refractivity contribution in [2.45, 2.75) is 6.92 Å². The maximum atomic E-state index is 11.8. The van der Waals surface area contributed by atoms with E-state index < -0.39 is 11.2 Å². The van der Waals surface area contributed by atoms with Gasteiger partial charge in [-0.05, 0) is 18.9 Å². The highest BCUT2D eigenvalue weighted by molar-refractivity contribution is 6.09. The summed E-state index contributed by atoms with van der Waals surface area (Å²) in [5, 5.41) is 0. The van der Waals surface area contributed by atoms with Gasteiger partial charge in [-0.25, -0.2) is 4.79 Å². The SMILES string of the molecule is Cc1cccc(C(=O)C#Cc2c[nH]c(=O)[nH]c2=O)c1. The number of benzene rings is 1. The Kier molecular flexibility index (Phi) is 3.44. The van der Waals surface area contributed by atoms with Gasteiger partial charge in [0.15, 0.2) is 0 Å². The monoisotopic (exact) mass is 254 g/mol. The summed E-state index contributed by atoms with van der Waals surface area (Å²) < 4.78 is 0. The Labute approximate surface area is 108 Å². The molecule has 0 atom stereocenters. The number of aryl methyl sites for hydroxylation is 1. The predicted molar refractivity (Wildman–Crippen MR) is 70.1 cm³/mol. The highest BCUT2D eigenvalue weighted by atomic mass is 16.2. The number of Topliss-reactive ketones (excluding diaryl/α,β-unsaturated/α-hetero) is 1. The summed E-state index contributed by atoms with van der Waals surface area (Å²) in [6.45, 7) is 1.87. The molecule has 0 fully saturated rings. The van der Waals surface area contributed by atoms with Crippen LogP contribution in [0.5, 0.6) is 0 Å². The van der Waals surface area contributed by atoms with Gasteiger partial charge in [-0.3, -0.25) is 14.6 Å². The van der Waals surface area contributed by atoms with Crippen molar-refractivity contribution in [3.63, 3.8) is 0 Å². The van der Waals surface area contributed by atoms with Crippen molar-refractivity contribution < 1.29 is 4.79 Å². The minimum absolute atomic E-state index is 0.0422. The molecular formula is C14H10N2O3. The summed E-state index contributed by atoms with van der Waals surface area (Å²) in [5.74, 6) is 4.44. The van der Waals surface area contributed by atoms with Gasteiger partial charge < -0.3 is 4.98 Å². The fraction of sp³-hybridized carbons (Fsp3) is 0.0714. The molecule has 1 aromatic carbocycles. The van der Waals surface area contributed by atoms with E-state index in [1.807, 2.05) is 18.0 Å². The van der Waals surface area contributed by atoms with Crippen LogP contribution in [-0.4, -0.2) is 15.8 Å². The van der Waals surface area contributed by atoms with Crippen molar-refractivity contribution in [1.82, 2.24) is 9.97 Å². The number of carbonyl (C=O) groups excluding carboxylic acids is 1. The zero-order chi connectivity index (χ0) is 13.8. The number of rotatable bonds is 1. The Morgan fingerprint density at radius 1 is 1.26 bits per heavy atom. The normalized spacial score (nSPS) is 9.53. The van der Waals surface area contributed by atoms with Crippen LogP contribution in [0.4, 0.5) is 0 Å². The first kappa shape index (κ1) is 12.6. The molecule has 0 radical (unpaired) electrons. The van der Waals surface area contributed by atoms with Crippen molar-refractivity contribution in [3.05, 3.63) is 68.0 Å². The second kappa shape index (κ2) is 5.19. The number of nitrogens with one attached hydrogen (secondary N) is 2. The zero-order valence-electron chi connectivity index (χ0n) is 10.1. The van der Waals surface area contributed by atoms with Gasteiger partial charge in [0, 0.05) is 11.8 Å². The molecule has 1 aromatic heterocycles. The molecule has 5 nitrogen and oxygen atoms in total. The van der Waals surface area contributed by atoms with Gasteiger partial charge >= 0.3 is 5.69 Å². The highest BCUT2D eigenvalue weighted by Gasteiger charge is 2.02. The van der Waals surface area contributed by atoms with Crippen LogP contribution in [0.15, 0.2) is 40.1 Å². The fourth-order valence-electron chi connectivity index (χ4n) is 1.49. The lowest BCUT2D eigenvalue weighted by Crippen LogP contribution is -2.23. The van der Waals surface area contributed by atoms with E-state index in [2.05, 4.69) is 16.8 Å². The number of aromatic amines is 2. The summed E-state index contributed by atoms with van der Waals surface area (Å²) in [4.78, 5) is 38.3. The van der Waals surface area contributed by atoms with E-state index in [4.69, 9.17) is 0 Å². The molecule has 2 N–H and O–H groups in total. The van der Waals surface area contributed by atoms with E-state index in [1.165, 1.54) is 6.20 Å². The molecule has 0 spiro atoms. The average molecular weight is 254 g/mol. The molecule has 0 aliphatic carbocycles. The summed E-state index contributed by atoms with van der Waals surface area (Å²) in [6, 6.07) is 7.00. The summed E-state index contributed by atoms with van der Waals surface area (Å²) in [7, 11) is 0. The van der Waals surface area contributed by atoms with Gasteiger partial charge in [0.25, 0.3) is 5.56 Å². The molecule has 19 heavy (non-hydrogen) atoms. The quantitative estimate of drug-likeness (QED) is 0.577. The van der Waals surface area contributed by atoms with Gasteiger partial charge in [0.1, 0.15) is 5.56 Å². The van der Waals surface area contributed by atoms with Crippen LogP contribution in [0.2, 0.25) is 0 Å². The minimum atomic E-state index is -0.617. The molecular weight excluding hydrogens is 244 g/mol. The van der Waals surface area contributed by atoms with Gasteiger partial charge in [-0.15, -0.1) is 0 Å². The molecule has 0 aliphatic rings. The lowest BCUT2D eigenvalue weighted by molar-refractivity contribution is 0.105. The van der Waals surface area contributed by atoms with E-state index in [1.54, 1.807) is 18.2 Å². The van der Waals surface area contributed by atoms with Crippen LogP contribution < -0.4 is 11.2 Å². The fourth-order valence-corrected chi connectivity index (χ4v) is 1.49. The third kappa shape index (κ3) is 3.07. The Morgan fingerprint density at radius 3 is 2.74 bits per heavy atom. The molecule has 0 saturated heterocycles. The largest absolute Gasteiger partial charge is 0.325 e. The van der Waals surface area contributed by atoms with Crippen LogP contribution in [0, 0.1) is 18.8 Å². The third-order valence-corrected chi connectivity index (χ3v) is 2.41. The molecule has 5 heteroatoms. The number of carbonyl (C=O) groups is 1. The lowest BCUT2D eigenvalue weighted by atomic mass is 10.1. The minimum Gasteiger partial charge on any atom is -0.313 e. The van der Waals surface area contributed by atoms with E-state index in [9.17, 15) is 14.4 Å². The van der Waals surface area contributed by atoms with Crippen LogP contribution in [0.25, 0.3) is 0 Å². The van der Waals surface area contributed by atoms with E-state index in [0.29, 0.717) is 5.56 Å². The van der Waals surface area contributed by atoms with Crippen molar-refractivity contribution in [1.29, 1.82) is 0 Å². The van der Waals surface area contributed by atoms with E-state index >= 15 is 0 Å². The third-order valence-electron chi connectivity index (χ3n) is 2.41. The first-order valence-electron chi connectivity index (χ1n) is 5.51. The van der Waals surface area contributed by atoms with Gasteiger partial charge in [0.2, 0.25) is 5.78 Å². The summed E-state index contributed by atoms with van der Waals surface area (Å²) in [6.07, 6.45) is 1.18. The smallest absolute Gasteiger partial charge is 0.313 e. The lowest BCUT2D eigenvalue weighted by Gasteiger charge is -1.95. The molecule has 94 valence electrons. The molecule has 0 saturated carbocycles. The van der Waals surface area contributed by atoms with E-state index in [-0.39, 0.29) is 11.3 Å². The number of ketones is 1. The molecule has 0 aliphatic heterocycles. The maximum absolute atomic E-state index is 11.8. The van der Waals surface area contributed by atoms with Crippen LogP contribution in [0.1, 0.15) is 21.5 Å². The van der Waals surface area contributed by atoms with Crippen molar-refractivity contribution in [2.24, 2.45) is 0 Å². The van der Waals surface area contributed by atoms with Crippen LogP contribution >= 0.6 is 0 Å². The van der Waals surface area contributed by atoms with Gasteiger partial charge in [0.05, 0.1) is 0 Å². The zero-order valence-corrected chi connectivity index (χ0v) is 10.1. The van der Waals surface area contributed by atoms with Crippen molar-refractivity contribution in [2.75, 3.05) is 0 Å². The average Bonchev–Trinajstić information content (AvgIpc) is 2.37. The first-order chi connectivity index (χ1) is 9.06. The maximum Gasteiger partial charge on any atom is 0.325 e. The predicted octanol–water partition coefficient (Wildman–Crippen LogP) is 0.606. The Bertz CT molecular complexity index is 803. The number of aromatic nitrogens is 2. The highest BCUT2D eigenvalue weighted by Crippen LogP contribution is 2.04. The molecule has 1 heterocycles. The van der Waals surface area contributed by atoms with Crippen molar-refractivity contribution in [3.8, 4) is 11.8 Å². The standard InChI is InChI=1S/C14H10N2O3/c1-9-3-2-4-10(7-9)12(17)6-5-11-8-15-14(19)16-13(11)18/h2-4,7-8H,1H3,(H2,15,16,18,19). The molecule has 0 bridgehead atoms. The Hall–Kier alpha value is -2.87. The Balaban J connectivity index is 2.32. The number of hydrogen-bond acceptors (Lipinski definition) is 3. The van der Waals surface area contributed by atoms with Crippen LogP contribution in [-0.2, 0) is 0 Å². The second-order valence-electron chi connectivity index (χ2n) is 3.93. The topological polar surface area (TPSA) is 82.8 Å². The molecule has 2 aromatic rings. The molecule has 0 amide bonds. The summed E-state index contributed by atoms with van der Waals surface area (Å²) in [5.41, 5.74) is 0.234. The molecule has 0 unspecified atom stereocenters. The first-order valence-corrected chi connectivity index (χ1v) is 5.51. The molecule has 2 rings (SSSR count). The van der Waals surface area contributed by atoms with Crippen molar-refractivity contribution >= 4 is 5.78 Å². The second-order valence-corrected chi connectivity index (χ2v) is 3.93. The van der Waals surface area contributed by atoms with Gasteiger partial charge in [-0.1, -0.05) is 29.7 Å². The summed E-state index contributed by atoms with van der Waals surface area (Å²) >= 11 is 0. The Morgan fingerprint density at radius 2 is 2.05 bits per heavy atom. The number of hydrogen-bond donors (Lipinski definition) is 2. The number of H-pyrrole nitrogens is 2. The van der Waals surface area contributed by atoms with Gasteiger partial charge in [-0.2, -0.15) is 0 Å². The van der Waals surface area contributed by atoms with Crippen LogP contribution in [0.3, 0.4) is 0 Å². The van der Waals surface area contributed by atoms with E-state index in [0.717, 1.165) is 5.56 Å².